The van der Waals surface area contributed by atoms with Crippen molar-refractivity contribution in [3.8, 4) is 0 Å². The van der Waals surface area contributed by atoms with Gasteiger partial charge in [0.05, 0.1) is 21.6 Å². The van der Waals surface area contributed by atoms with Crippen molar-refractivity contribution < 1.29 is 14.0 Å². The molecule has 114 valence electrons. The van der Waals surface area contributed by atoms with Gasteiger partial charge in [-0.2, -0.15) is 0 Å². The van der Waals surface area contributed by atoms with E-state index in [1.54, 1.807) is 9.34 Å². The molecule has 2 aliphatic rings. The van der Waals surface area contributed by atoms with Crippen molar-refractivity contribution in [3.05, 3.63) is 37.9 Å². The third kappa shape index (κ3) is 3.08. The van der Waals surface area contributed by atoms with Gasteiger partial charge in [-0.05, 0) is 0 Å². The van der Waals surface area contributed by atoms with Crippen LogP contribution < -0.4 is 0 Å². The molecule has 2 heterocycles. The number of non-ortho nitro benzene ring substituents is 1. The smallest absolute Gasteiger partial charge is 0.301 e. The summed E-state index contributed by atoms with van der Waals surface area (Å²) in [6.07, 6.45) is 0. The van der Waals surface area contributed by atoms with Crippen LogP contribution in [0.2, 0.25) is 10.0 Å². The minimum atomic E-state index is -2.96. The van der Waals surface area contributed by atoms with E-state index in [1.807, 2.05) is 0 Å². The first kappa shape index (κ1) is 15.2. The lowest BCUT2D eigenvalue weighted by Crippen LogP contribution is -2.08. The van der Waals surface area contributed by atoms with Gasteiger partial charge in [-0.25, -0.2) is 9.34 Å². The molecular formula is C11H12Cl2N3O4P. The van der Waals surface area contributed by atoms with Gasteiger partial charge < -0.3 is 4.52 Å². The summed E-state index contributed by atoms with van der Waals surface area (Å²) < 4.78 is 21.9. The van der Waals surface area contributed by atoms with Crippen molar-refractivity contribution in [2.75, 3.05) is 26.2 Å². The van der Waals surface area contributed by atoms with E-state index in [-0.39, 0.29) is 22.3 Å². The predicted molar refractivity (Wildman–Crippen MR) is 78.7 cm³/mol. The van der Waals surface area contributed by atoms with E-state index in [4.69, 9.17) is 27.7 Å². The molecule has 7 nitrogen and oxygen atoms in total. The first-order chi connectivity index (χ1) is 9.91. The van der Waals surface area contributed by atoms with Crippen molar-refractivity contribution in [1.82, 2.24) is 9.34 Å². The molecule has 2 saturated heterocycles. The van der Waals surface area contributed by atoms with Crippen LogP contribution in [0.1, 0.15) is 5.56 Å². The number of nitrogens with zero attached hydrogens (tertiary/aromatic N) is 3. The van der Waals surface area contributed by atoms with Crippen LogP contribution in [0.15, 0.2) is 12.1 Å². The molecule has 0 N–H and O–H groups in total. The van der Waals surface area contributed by atoms with E-state index >= 15 is 0 Å². The second-order valence-electron chi connectivity index (χ2n) is 4.82. The Balaban J connectivity index is 1.78. The Morgan fingerprint density at radius 1 is 1.19 bits per heavy atom. The SMILES string of the molecule is O=[N+]([O-])c1cc(Cl)c(COP(=O)(N2CC2)N2CC2)c(Cl)c1. The summed E-state index contributed by atoms with van der Waals surface area (Å²) in [6, 6.07) is 2.43. The second-order valence-corrected chi connectivity index (χ2v) is 8.00. The van der Waals surface area contributed by atoms with E-state index in [0.717, 1.165) is 26.2 Å². The van der Waals surface area contributed by atoms with Crippen LogP contribution in [0.4, 0.5) is 5.69 Å². The second kappa shape index (κ2) is 5.50. The summed E-state index contributed by atoms with van der Waals surface area (Å²) >= 11 is 12.0. The summed E-state index contributed by atoms with van der Waals surface area (Å²) in [4.78, 5) is 10.2. The number of hydrogen-bond acceptors (Lipinski definition) is 4. The minimum absolute atomic E-state index is 0.0417. The zero-order chi connectivity index (χ0) is 15.2. The average Bonchev–Trinajstić information content (AvgIpc) is 3.29. The van der Waals surface area contributed by atoms with Crippen molar-refractivity contribution in [3.63, 3.8) is 0 Å². The Morgan fingerprint density at radius 2 is 1.67 bits per heavy atom. The molecule has 0 bridgehead atoms. The number of halogens is 2. The van der Waals surface area contributed by atoms with E-state index in [1.165, 1.54) is 12.1 Å². The van der Waals surface area contributed by atoms with Gasteiger partial charge >= 0.3 is 7.67 Å². The summed E-state index contributed by atoms with van der Waals surface area (Å²) in [7, 11) is -2.96. The zero-order valence-corrected chi connectivity index (χ0v) is 13.3. The van der Waals surface area contributed by atoms with E-state index < -0.39 is 12.6 Å². The van der Waals surface area contributed by atoms with Crippen LogP contribution in [-0.2, 0) is 15.7 Å². The fraction of sp³-hybridized carbons (Fsp3) is 0.455. The van der Waals surface area contributed by atoms with Crippen LogP contribution in [0.5, 0.6) is 0 Å². The van der Waals surface area contributed by atoms with Gasteiger partial charge in [0.1, 0.15) is 0 Å². The molecule has 0 aromatic heterocycles. The van der Waals surface area contributed by atoms with E-state index in [2.05, 4.69) is 0 Å². The molecule has 0 atom stereocenters. The monoisotopic (exact) mass is 351 g/mol. The van der Waals surface area contributed by atoms with Gasteiger partial charge in [-0.3, -0.25) is 14.7 Å². The van der Waals surface area contributed by atoms with Crippen molar-refractivity contribution in [1.29, 1.82) is 0 Å². The first-order valence-corrected chi connectivity index (χ1v) is 8.58. The molecule has 0 saturated carbocycles. The van der Waals surface area contributed by atoms with Gasteiger partial charge in [-0.1, -0.05) is 23.2 Å². The fourth-order valence-corrected chi connectivity index (χ4v) is 4.67. The Kier molecular flexibility index (Phi) is 3.98. The maximum atomic E-state index is 12.7. The van der Waals surface area contributed by atoms with Gasteiger partial charge in [0.2, 0.25) is 0 Å². The quantitative estimate of drug-likeness (QED) is 0.339. The average molecular weight is 352 g/mol. The Hall–Kier alpha value is -0.690. The van der Waals surface area contributed by atoms with Crippen LogP contribution in [0.25, 0.3) is 0 Å². The molecule has 0 aliphatic carbocycles. The summed E-state index contributed by atoms with van der Waals surface area (Å²) in [6.45, 7) is 2.94. The largest absolute Gasteiger partial charge is 0.346 e. The topological polar surface area (TPSA) is 75.5 Å². The standard InChI is InChI=1S/C11H12Cl2N3O4P/c12-10-5-8(16(17)18)6-11(13)9(10)7-20-21(19,14-1-2-14)15-3-4-15/h5-6H,1-4,7H2. The molecule has 1 aromatic rings. The minimum Gasteiger partial charge on any atom is -0.301 e. The fourth-order valence-electron chi connectivity index (χ4n) is 1.92. The maximum Gasteiger partial charge on any atom is 0.346 e. The summed E-state index contributed by atoms with van der Waals surface area (Å²) in [5.41, 5.74) is 0.224. The van der Waals surface area contributed by atoms with E-state index in [0.29, 0.717) is 5.56 Å². The van der Waals surface area contributed by atoms with Gasteiger partial charge in [0.25, 0.3) is 5.69 Å². The van der Waals surface area contributed by atoms with Crippen LogP contribution >= 0.6 is 30.9 Å². The van der Waals surface area contributed by atoms with Crippen LogP contribution in [0, 0.1) is 10.1 Å². The molecule has 2 fully saturated rings. The molecule has 21 heavy (non-hydrogen) atoms. The van der Waals surface area contributed by atoms with Gasteiger partial charge in [0.15, 0.2) is 0 Å². The highest BCUT2D eigenvalue weighted by Crippen LogP contribution is 2.61. The third-order valence-electron chi connectivity index (χ3n) is 3.28. The molecule has 0 unspecified atom stereocenters. The lowest BCUT2D eigenvalue weighted by Gasteiger charge is -2.20. The van der Waals surface area contributed by atoms with Crippen LogP contribution in [-0.4, -0.2) is 40.4 Å². The van der Waals surface area contributed by atoms with Gasteiger partial charge in [-0.15, -0.1) is 0 Å². The molecule has 2 aliphatic heterocycles. The van der Waals surface area contributed by atoms with Crippen molar-refractivity contribution in [2.45, 2.75) is 6.61 Å². The van der Waals surface area contributed by atoms with E-state index in [9.17, 15) is 14.7 Å². The molecular weight excluding hydrogens is 340 g/mol. The third-order valence-corrected chi connectivity index (χ3v) is 6.65. The molecule has 3 rings (SSSR count). The Labute approximate surface area is 131 Å². The zero-order valence-electron chi connectivity index (χ0n) is 10.9. The number of benzene rings is 1. The normalized spacial score (nSPS) is 18.8. The van der Waals surface area contributed by atoms with Crippen molar-refractivity contribution >= 4 is 36.6 Å². The maximum absolute atomic E-state index is 12.7. The highest BCUT2D eigenvalue weighted by Gasteiger charge is 2.49. The first-order valence-electron chi connectivity index (χ1n) is 6.29. The number of hydrogen-bond donors (Lipinski definition) is 0. The molecule has 0 spiro atoms. The highest BCUT2D eigenvalue weighted by molar-refractivity contribution is 7.54. The lowest BCUT2D eigenvalue weighted by atomic mass is 10.2. The molecule has 10 heteroatoms. The number of nitro benzene ring substituents is 1. The number of rotatable bonds is 6. The number of nitro groups is 1. The van der Waals surface area contributed by atoms with Gasteiger partial charge in [0, 0.05) is 43.9 Å². The summed E-state index contributed by atoms with van der Waals surface area (Å²) in [5.74, 6) is 0. The van der Waals surface area contributed by atoms with Crippen LogP contribution in [0.3, 0.4) is 0 Å². The summed E-state index contributed by atoms with van der Waals surface area (Å²) in [5, 5.41) is 11.0. The molecule has 1 aromatic carbocycles. The Bertz CT molecular complexity index is 609. The highest BCUT2D eigenvalue weighted by atomic mass is 35.5. The lowest BCUT2D eigenvalue weighted by molar-refractivity contribution is -0.384. The molecule has 0 amide bonds. The predicted octanol–water partition coefficient (Wildman–Crippen LogP) is 3.16. The Morgan fingerprint density at radius 3 is 2.05 bits per heavy atom. The van der Waals surface area contributed by atoms with Crippen molar-refractivity contribution in [2.24, 2.45) is 0 Å². The molecule has 0 radical (unpaired) electrons.